The van der Waals surface area contributed by atoms with Crippen LogP contribution >= 0.6 is 12.2 Å². The smallest absolute Gasteiger partial charge is 0.264 e. The van der Waals surface area contributed by atoms with Crippen LogP contribution in [-0.2, 0) is 17.6 Å². The first-order valence-corrected chi connectivity index (χ1v) is 10.8. The summed E-state index contributed by atoms with van der Waals surface area (Å²) in [6, 6.07) is 23.0. The largest absolute Gasteiger partial charge is 0.484 e. The van der Waals surface area contributed by atoms with Crippen LogP contribution in [0.3, 0.4) is 0 Å². The molecular formula is C25H23N3O3S. The first-order valence-electron chi connectivity index (χ1n) is 10.3. The van der Waals surface area contributed by atoms with Gasteiger partial charge in [-0.15, -0.1) is 0 Å². The van der Waals surface area contributed by atoms with Crippen LogP contribution in [0.25, 0.3) is 11.1 Å². The van der Waals surface area contributed by atoms with E-state index < -0.39 is 0 Å². The number of aryl methyl sites for hydroxylation is 1. The fraction of sp³-hybridized carbons (Fsp3) is 0.160. The average Bonchev–Trinajstić information content (AvgIpc) is 3.21. The van der Waals surface area contributed by atoms with E-state index in [4.69, 9.17) is 21.4 Å². The lowest BCUT2D eigenvalue weighted by atomic mass is 10.1. The standard InChI is InChI=1S/C25H23N3O3S/c1-2-17-10-13-22-21(14-17)27-24(31-22)15-18-8-11-19(12-9-18)26-25(32)28-23(29)16-30-20-6-4-3-5-7-20/h3-14H,2,15-16H2,1H3,(H2,26,28,29,32). The number of nitrogens with zero attached hydrogens (tertiary/aromatic N) is 1. The van der Waals surface area contributed by atoms with Crippen molar-refractivity contribution in [3.05, 3.63) is 89.8 Å². The monoisotopic (exact) mass is 445 g/mol. The second-order valence-electron chi connectivity index (χ2n) is 7.24. The van der Waals surface area contributed by atoms with Crippen molar-refractivity contribution in [1.29, 1.82) is 0 Å². The Morgan fingerprint density at radius 2 is 1.78 bits per heavy atom. The predicted molar refractivity (Wildman–Crippen MR) is 129 cm³/mol. The van der Waals surface area contributed by atoms with Crippen LogP contribution in [0.5, 0.6) is 5.75 Å². The first kappa shape index (κ1) is 21.5. The molecule has 4 rings (SSSR count). The molecular weight excluding hydrogens is 422 g/mol. The van der Waals surface area contributed by atoms with E-state index in [2.05, 4.69) is 34.7 Å². The Hall–Kier alpha value is -3.71. The molecule has 32 heavy (non-hydrogen) atoms. The van der Waals surface area contributed by atoms with Crippen LogP contribution in [0, 0.1) is 0 Å². The molecule has 1 aromatic heterocycles. The number of nitrogens with one attached hydrogen (secondary N) is 2. The SMILES string of the molecule is CCc1ccc2oc(Cc3ccc(NC(=S)NC(=O)COc4ccccc4)cc3)nc2c1. The summed E-state index contributed by atoms with van der Waals surface area (Å²) in [6.07, 6.45) is 1.56. The Morgan fingerprint density at radius 3 is 2.53 bits per heavy atom. The van der Waals surface area contributed by atoms with Gasteiger partial charge in [0.25, 0.3) is 5.91 Å². The number of hydrogen-bond acceptors (Lipinski definition) is 5. The molecule has 0 spiro atoms. The fourth-order valence-electron chi connectivity index (χ4n) is 3.19. The van der Waals surface area contributed by atoms with E-state index in [1.54, 1.807) is 12.1 Å². The molecule has 0 saturated carbocycles. The summed E-state index contributed by atoms with van der Waals surface area (Å²) in [4.78, 5) is 16.6. The number of anilines is 1. The maximum absolute atomic E-state index is 12.0. The molecule has 0 aliphatic heterocycles. The third kappa shape index (κ3) is 5.70. The number of rotatable bonds is 7. The van der Waals surface area contributed by atoms with Gasteiger partial charge in [0.1, 0.15) is 11.3 Å². The van der Waals surface area contributed by atoms with Gasteiger partial charge in [0.05, 0.1) is 0 Å². The minimum atomic E-state index is -0.329. The number of para-hydroxylation sites is 1. The number of amides is 1. The molecule has 7 heteroatoms. The molecule has 3 aromatic carbocycles. The zero-order valence-electron chi connectivity index (χ0n) is 17.6. The van der Waals surface area contributed by atoms with E-state index in [1.165, 1.54) is 5.56 Å². The van der Waals surface area contributed by atoms with Gasteiger partial charge in [-0.3, -0.25) is 10.1 Å². The summed E-state index contributed by atoms with van der Waals surface area (Å²) in [7, 11) is 0. The number of benzene rings is 3. The highest BCUT2D eigenvalue weighted by molar-refractivity contribution is 7.80. The van der Waals surface area contributed by atoms with Gasteiger partial charge >= 0.3 is 0 Å². The Kier molecular flexibility index (Phi) is 6.77. The van der Waals surface area contributed by atoms with Crippen LogP contribution in [0.15, 0.2) is 77.2 Å². The van der Waals surface area contributed by atoms with Gasteiger partial charge in [-0.2, -0.15) is 0 Å². The van der Waals surface area contributed by atoms with Crippen molar-refractivity contribution in [3.63, 3.8) is 0 Å². The van der Waals surface area contributed by atoms with Crippen molar-refractivity contribution in [2.75, 3.05) is 11.9 Å². The van der Waals surface area contributed by atoms with Gasteiger partial charge in [0.2, 0.25) is 0 Å². The molecule has 4 aromatic rings. The molecule has 1 amide bonds. The Labute approximate surface area is 191 Å². The van der Waals surface area contributed by atoms with Gasteiger partial charge in [-0.1, -0.05) is 43.3 Å². The quantitative estimate of drug-likeness (QED) is 0.395. The normalized spacial score (nSPS) is 10.7. The van der Waals surface area contributed by atoms with E-state index in [-0.39, 0.29) is 17.6 Å². The van der Waals surface area contributed by atoms with Crippen molar-refractivity contribution in [1.82, 2.24) is 10.3 Å². The summed E-state index contributed by atoms with van der Waals surface area (Å²) in [5.74, 6) is 0.974. The summed E-state index contributed by atoms with van der Waals surface area (Å²) in [5.41, 5.74) is 4.75. The topological polar surface area (TPSA) is 76.4 Å². The predicted octanol–water partition coefficient (Wildman–Crippen LogP) is 4.87. The Bertz CT molecular complexity index is 1220. The van der Waals surface area contributed by atoms with Gasteiger partial charge in [-0.05, 0) is 66.2 Å². The third-order valence-corrected chi connectivity index (χ3v) is 5.04. The minimum Gasteiger partial charge on any atom is -0.484 e. The third-order valence-electron chi connectivity index (χ3n) is 4.84. The molecule has 0 aliphatic carbocycles. The van der Waals surface area contributed by atoms with Crippen molar-refractivity contribution in [2.24, 2.45) is 0 Å². The number of oxazole rings is 1. The van der Waals surface area contributed by atoms with Gasteiger partial charge in [0, 0.05) is 12.1 Å². The van der Waals surface area contributed by atoms with Crippen molar-refractivity contribution in [3.8, 4) is 5.75 Å². The number of fused-ring (bicyclic) bond motifs is 1. The molecule has 162 valence electrons. The molecule has 2 N–H and O–H groups in total. The molecule has 0 fully saturated rings. The molecule has 0 saturated heterocycles. The molecule has 0 radical (unpaired) electrons. The van der Waals surface area contributed by atoms with Crippen molar-refractivity contribution >= 4 is 40.0 Å². The first-order chi connectivity index (χ1) is 15.6. The van der Waals surface area contributed by atoms with Crippen LogP contribution in [-0.4, -0.2) is 22.6 Å². The summed E-state index contributed by atoms with van der Waals surface area (Å²) in [5, 5.41) is 5.82. The minimum absolute atomic E-state index is 0.116. The lowest BCUT2D eigenvalue weighted by Gasteiger charge is -2.10. The zero-order chi connectivity index (χ0) is 22.3. The van der Waals surface area contributed by atoms with E-state index in [0.29, 0.717) is 18.1 Å². The highest BCUT2D eigenvalue weighted by Gasteiger charge is 2.09. The number of ether oxygens (including phenoxy) is 1. The van der Waals surface area contributed by atoms with Gasteiger partial charge in [-0.25, -0.2) is 4.98 Å². The molecule has 1 heterocycles. The highest BCUT2D eigenvalue weighted by atomic mass is 32.1. The van der Waals surface area contributed by atoms with E-state index in [9.17, 15) is 4.79 Å². The second-order valence-corrected chi connectivity index (χ2v) is 7.65. The second kappa shape index (κ2) is 10.1. The highest BCUT2D eigenvalue weighted by Crippen LogP contribution is 2.20. The molecule has 6 nitrogen and oxygen atoms in total. The van der Waals surface area contributed by atoms with E-state index >= 15 is 0 Å². The molecule has 0 unspecified atom stereocenters. The lowest BCUT2D eigenvalue weighted by Crippen LogP contribution is -2.37. The van der Waals surface area contributed by atoms with Crippen LogP contribution in [0.4, 0.5) is 5.69 Å². The zero-order valence-corrected chi connectivity index (χ0v) is 18.4. The fourth-order valence-corrected chi connectivity index (χ4v) is 3.42. The van der Waals surface area contributed by atoms with E-state index in [0.717, 1.165) is 28.8 Å². The number of thiocarbonyl (C=S) groups is 1. The summed E-state index contributed by atoms with van der Waals surface area (Å²) < 4.78 is 11.3. The summed E-state index contributed by atoms with van der Waals surface area (Å²) >= 11 is 5.21. The molecule has 0 atom stereocenters. The average molecular weight is 446 g/mol. The van der Waals surface area contributed by atoms with E-state index in [1.807, 2.05) is 48.5 Å². The van der Waals surface area contributed by atoms with Gasteiger partial charge in [0.15, 0.2) is 23.2 Å². The van der Waals surface area contributed by atoms with Crippen LogP contribution in [0.1, 0.15) is 23.9 Å². The molecule has 0 bridgehead atoms. The number of carbonyl (C=O) groups excluding carboxylic acids is 1. The number of aromatic nitrogens is 1. The number of carbonyl (C=O) groups is 1. The summed E-state index contributed by atoms with van der Waals surface area (Å²) in [6.45, 7) is 2.00. The maximum Gasteiger partial charge on any atom is 0.264 e. The number of hydrogen-bond donors (Lipinski definition) is 2. The van der Waals surface area contributed by atoms with Crippen LogP contribution < -0.4 is 15.4 Å². The van der Waals surface area contributed by atoms with Crippen molar-refractivity contribution < 1.29 is 13.9 Å². The maximum atomic E-state index is 12.0. The van der Waals surface area contributed by atoms with Gasteiger partial charge < -0.3 is 14.5 Å². The van der Waals surface area contributed by atoms with Crippen molar-refractivity contribution in [2.45, 2.75) is 19.8 Å². The molecule has 0 aliphatic rings. The van der Waals surface area contributed by atoms with Crippen LogP contribution in [0.2, 0.25) is 0 Å². The lowest BCUT2D eigenvalue weighted by molar-refractivity contribution is -0.121. The Morgan fingerprint density at radius 1 is 1.03 bits per heavy atom. The Balaban J connectivity index is 1.28.